The number of hydrogen-bond donors (Lipinski definition) is 1. The lowest BCUT2D eigenvalue weighted by atomic mass is 10.1. The van der Waals surface area contributed by atoms with Gasteiger partial charge >= 0.3 is 0 Å². The first kappa shape index (κ1) is 13.1. The lowest BCUT2D eigenvalue weighted by Gasteiger charge is -2.03. The van der Waals surface area contributed by atoms with Gasteiger partial charge in [-0.25, -0.2) is 0 Å². The summed E-state index contributed by atoms with van der Waals surface area (Å²) < 4.78 is 1.48. The van der Waals surface area contributed by atoms with E-state index in [1.807, 2.05) is 6.07 Å². The van der Waals surface area contributed by atoms with E-state index in [0.717, 1.165) is 5.56 Å². The van der Waals surface area contributed by atoms with Crippen LogP contribution >= 0.6 is 11.6 Å². The summed E-state index contributed by atoms with van der Waals surface area (Å²) >= 11 is 5.77. The van der Waals surface area contributed by atoms with E-state index in [1.165, 1.54) is 4.68 Å². The number of carbonyl (C=O) groups is 1. The molecule has 19 heavy (non-hydrogen) atoms. The van der Waals surface area contributed by atoms with Gasteiger partial charge in [0.15, 0.2) is 5.82 Å². The number of nitrogens with one attached hydrogen (secondary N) is 1. The molecule has 0 saturated heterocycles. The van der Waals surface area contributed by atoms with Gasteiger partial charge in [-0.05, 0) is 17.7 Å². The Balaban J connectivity index is 2.05. The van der Waals surface area contributed by atoms with E-state index < -0.39 is 0 Å². The van der Waals surface area contributed by atoms with E-state index in [2.05, 4.69) is 10.4 Å². The number of nitriles is 1. The van der Waals surface area contributed by atoms with Gasteiger partial charge in [-0.3, -0.25) is 9.48 Å². The third kappa shape index (κ3) is 3.33. The molecule has 1 aromatic carbocycles. The number of anilines is 1. The van der Waals surface area contributed by atoms with Gasteiger partial charge in [0.05, 0.1) is 6.42 Å². The van der Waals surface area contributed by atoms with Crippen molar-refractivity contribution in [3.05, 3.63) is 46.6 Å². The molecule has 0 saturated carbocycles. The number of amides is 1. The average molecular weight is 275 g/mol. The Labute approximate surface area is 115 Å². The van der Waals surface area contributed by atoms with Crippen LogP contribution in [-0.4, -0.2) is 15.7 Å². The van der Waals surface area contributed by atoms with Crippen molar-refractivity contribution in [2.75, 3.05) is 5.32 Å². The second-order valence-electron chi connectivity index (χ2n) is 4.03. The molecule has 1 amide bonds. The first-order chi connectivity index (χ1) is 9.08. The van der Waals surface area contributed by atoms with Gasteiger partial charge in [0.25, 0.3) is 0 Å². The Morgan fingerprint density at radius 3 is 2.79 bits per heavy atom. The van der Waals surface area contributed by atoms with Crippen LogP contribution in [0, 0.1) is 11.3 Å². The van der Waals surface area contributed by atoms with Crippen LogP contribution in [0.25, 0.3) is 0 Å². The predicted molar refractivity (Wildman–Crippen MR) is 71.7 cm³/mol. The highest BCUT2D eigenvalue weighted by molar-refractivity contribution is 6.30. The lowest BCUT2D eigenvalue weighted by molar-refractivity contribution is -0.115. The number of rotatable bonds is 3. The summed E-state index contributed by atoms with van der Waals surface area (Å²) in [5, 5.41) is 16.2. The fraction of sp³-hybridized carbons (Fsp3) is 0.154. The molecule has 6 heteroatoms. The Hall–Kier alpha value is -2.32. The molecule has 0 aliphatic heterocycles. The number of nitrogens with zero attached hydrogens (tertiary/aromatic N) is 3. The van der Waals surface area contributed by atoms with Crippen molar-refractivity contribution < 1.29 is 4.79 Å². The zero-order valence-corrected chi connectivity index (χ0v) is 11.0. The van der Waals surface area contributed by atoms with Crippen LogP contribution < -0.4 is 5.32 Å². The van der Waals surface area contributed by atoms with Crippen LogP contribution in [0.1, 0.15) is 11.1 Å². The van der Waals surface area contributed by atoms with Gasteiger partial charge in [0.2, 0.25) is 5.91 Å². The molecule has 2 rings (SSSR count). The number of hydrogen-bond acceptors (Lipinski definition) is 3. The molecule has 0 fully saturated rings. The Morgan fingerprint density at radius 1 is 1.47 bits per heavy atom. The monoisotopic (exact) mass is 274 g/mol. The van der Waals surface area contributed by atoms with Gasteiger partial charge in [-0.15, -0.1) is 0 Å². The fourth-order valence-electron chi connectivity index (χ4n) is 1.63. The highest BCUT2D eigenvalue weighted by Gasteiger charge is 2.11. The fourth-order valence-corrected chi connectivity index (χ4v) is 1.75. The van der Waals surface area contributed by atoms with Crippen LogP contribution in [0.3, 0.4) is 0 Å². The normalized spacial score (nSPS) is 9.95. The Bertz CT molecular complexity index is 640. The van der Waals surface area contributed by atoms with Crippen molar-refractivity contribution in [2.24, 2.45) is 7.05 Å². The van der Waals surface area contributed by atoms with Gasteiger partial charge in [0.1, 0.15) is 11.6 Å². The van der Waals surface area contributed by atoms with E-state index in [0.29, 0.717) is 10.6 Å². The quantitative estimate of drug-likeness (QED) is 0.932. The molecule has 0 spiro atoms. The zero-order chi connectivity index (χ0) is 13.8. The third-order valence-electron chi connectivity index (χ3n) is 2.49. The van der Waals surface area contributed by atoms with Crippen LogP contribution in [0.2, 0.25) is 5.02 Å². The minimum atomic E-state index is -0.225. The van der Waals surface area contributed by atoms with E-state index in [-0.39, 0.29) is 18.1 Å². The van der Waals surface area contributed by atoms with Crippen molar-refractivity contribution in [2.45, 2.75) is 6.42 Å². The number of aryl methyl sites for hydroxylation is 1. The zero-order valence-electron chi connectivity index (χ0n) is 10.2. The molecule has 1 heterocycles. The van der Waals surface area contributed by atoms with E-state index in [1.54, 1.807) is 37.5 Å². The maximum atomic E-state index is 11.8. The minimum absolute atomic E-state index is 0.207. The van der Waals surface area contributed by atoms with Crippen LogP contribution in [0.15, 0.2) is 30.5 Å². The average Bonchev–Trinajstić information content (AvgIpc) is 2.72. The maximum Gasteiger partial charge on any atom is 0.230 e. The summed E-state index contributed by atoms with van der Waals surface area (Å²) in [6, 6.07) is 9.00. The molecule has 0 bridgehead atoms. The minimum Gasteiger partial charge on any atom is -0.308 e. The molecule has 0 aliphatic rings. The summed E-state index contributed by atoms with van der Waals surface area (Å²) in [7, 11) is 1.69. The van der Waals surface area contributed by atoms with Gasteiger partial charge in [0, 0.05) is 18.3 Å². The SMILES string of the molecule is Cn1cc(C#N)c(NC(=O)Cc2ccc(Cl)cc2)n1. The number of benzene rings is 1. The van der Waals surface area contributed by atoms with Gasteiger partial charge < -0.3 is 5.32 Å². The molecule has 1 aromatic heterocycles. The van der Waals surface area contributed by atoms with E-state index in [4.69, 9.17) is 16.9 Å². The van der Waals surface area contributed by atoms with Crippen LogP contribution in [0.5, 0.6) is 0 Å². The molecule has 0 aliphatic carbocycles. The molecule has 5 nitrogen and oxygen atoms in total. The highest BCUT2D eigenvalue weighted by Crippen LogP contribution is 2.13. The van der Waals surface area contributed by atoms with Gasteiger partial charge in [-0.1, -0.05) is 23.7 Å². The Morgan fingerprint density at radius 2 is 2.16 bits per heavy atom. The van der Waals surface area contributed by atoms with Gasteiger partial charge in [-0.2, -0.15) is 10.4 Å². The first-order valence-electron chi connectivity index (χ1n) is 5.56. The molecule has 96 valence electrons. The Kier molecular flexibility index (Phi) is 3.83. The highest BCUT2D eigenvalue weighted by atomic mass is 35.5. The summed E-state index contributed by atoms with van der Waals surface area (Å²) in [5.74, 6) is 0.0569. The maximum absolute atomic E-state index is 11.8. The molecular weight excluding hydrogens is 264 g/mol. The first-order valence-corrected chi connectivity index (χ1v) is 5.94. The van der Waals surface area contributed by atoms with Crippen LogP contribution in [-0.2, 0) is 18.3 Å². The van der Waals surface area contributed by atoms with Crippen molar-refractivity contribution >= 4 is 23.3 Å². The smallest absolute Gasteiger partial charge is 0.230 e. The van der Waals surface area contributed by atoms with Crippen molar-refractivity contribution in [3.63, 3.8) is 0 Å². The topological polar surface area (TPSA) is 70.7 Å². The number of carbonyl (C=O) groups excluding carboxylic acids is 1. The third-order valence-corrected chi connectivity index (χ3v) is 2.74. The summed E-state index contributed by atoms with van der Waals surface area (Å²) in [4.78, 5) is 11.8. The summed E-state index contributed by atoms with van der Waals surface area (Å²) in [6.07, 6.45) is 1.76. The molecule has 1 N–H and O–H groups in total. The molecule has 0 unspecified atom stereocenters. The lowest BCUT2D eigenvalue weighted by Crippen LogP contribution is -2.15. The standard InChI is InChI=1S/C13H11ClN4O/c1-18-8-10(7-15)13(17-18)16-12(19)6-9-2-4-11(14)5-3-9/h2-5,8H,6H2,1H3,(H,16,17,19). The largest absolute Gasteiger partial charge is 0.308 e. The molecule has 0 radical (unpaired) electrons. The predicted octanol–water partition coefficient (Wildman–Crippen LogP) is 2.13. The second kappa shape index (κ2) is 5.55. The summed E-state index contributed by atoms with van der Waals surface area (Å²) in [5.41, 5.74) is 1.18. The van der Waals surface area contributed by atoms with Crippen LogP contribution in [0.4, 0.5) is 5.82 Å². The van der Waals surface area contributed by atoms with E-state index in [9.17, 15) is 4.79 Å². The van der Waals surface area contributed by atoms with E-state index >= 15 is 0 Å². The molecule has 2 aromatic rings. The number of halogens is 1. The molecular formula is C13H11ClN4O. The summed E-state index contributed by atoms with van der Waals surface area (Å²) in [6.45, 7) is 0. The number of aromatic nitrogens is 2. The van der Waals surface area contributed by atoms with Crippen molar-refractivity contribution in [1.29, 1.82) is 5.26 Å². The van der Waals surface area contributed by atoms with Crippen molar-refractivity contribution in [3.8, 4) is 6.07 Å². The molecule has 0 atom stereocenters. The second-order valence-corrected chi connectivity index (χ2v) is 4.46. The van der Waals surface area contributed by atoms with Crippen molar-refractivity contribution in [1.82, 2.24) is 9.78 Å².